The Morgan fingerprint density at radius 3 is 2.59 bits per heavy atom. The minimum atomic E-state index is -0.132. The van der Waals surface area contributed by atoms with Crippen LogP contribution in [0.2, 0.25) is 0 Å². The number of fused-ring (bicyclic) bond motifs is 1. The molecule has 2 aromatic carbocycles. The fraction of sp³-hybridized carbons (Fsp3) is 0.407. The lowest BCUT2D eigenvalue weighted by Crippen LogP contribution is -2.46. The molecule has 5 heteroatoms. The Kier molecular flexibility index (Phi) is 6.93. The standard InChI is InChI=1S/C27H33N3O2/c1-19-7-6-8-21(15-19)13-14-30(27(32)28-24-9-4-3-5-10-24)18-23-17-22-16-20(2)11-12-25(22)29-26(23)31/h6-8,11-12,15-17,24H,3-5,9-10,13-14,18H2,1-2H3,(H,28,32)(H,29,31). The molecule has 168 valence electrons. The van der Waals surface area contributed by atoms with E-state index in [1.54, 1.807) is 4.90 Å². The molecule has 0 bridgehead atoms. The number of pyridine rings is 1. The highest BCUT2D eigenvalue weighted by molar-refractivity contribution is 5.80. The van der Waals surface area contributed by atoms with Crippen molar-refractivity contribution in [3.63, 3.8) is 0 Å². The minimum Gasteiger partial charge on any atom is -0.335 e. The van der Waals surface area contributed by atoms with E-state index < -0.39 is 0 Å². The number of hydrogen-bond acceptors (Lipinski definition) is 2. The number of hydrogen-bond donors (Lipinski definition) is 2. The lowest BCUT2D eigenvalue weighted by molar-refractivity contribution is 0.187. The van der Waals surface area contributed by atoms with Crippen LogP contribution in [-0.4, -0.2) is 28.5 Å². The van der Waals surface area contributed by atoms with E-state index in [1.165, 1.54) is 17.5 Å². The maximum Gasteiger partial charge on any atom is 0.317 e. The Balaban J connectivity index is 1.56. The largest absolute Gasteiger partial charge is 0.335 e. The normalized spacial score (nSPS) is 14.4. The van der Waals surface area contributed by atoms with Crippen molar-refractivity contribution in [2.24, 2.45) is 0 Å². The topological polar surface area (TPSA) is 65.2 Å². The lowest BCUT2D eigenvalue weighted by atomic mass is 9.96. The zero-order chi connectivity index (χ0) is 22.5. The Morgan fingerprint density at radius 2 is 1.81 bits per heavy atom. The van der Waals surface area contributed by atoms with E-state index in [1.807, 2.05) is 31.2 Å². The van der Waals surface area contributed by atoms with Crippen molar-refractivity contribution >= 4 is 16.9 Å². The summed E-state index contributed by atoms with van der Waals surface area (Å²) < 4.78 is 0. The first-order valence-corrected chi connectivity index (χ1v) is 11.7. The van der Waals surface area contributed by atoms with Gasteiger partial charge < -0.3 is 15.2 Å². The summed E-state index contributed by atoms with van der Waals surface area (Å²) in [7, 11) is 0. The molecule has 1 aliphatic carbocycles. The second kappa shape index (κ2) is 10.0. The number of amides is 2. The molecule has 32 heavy (non-hydrogen) atoms. The van der Waals surface area contributed by atoms with E-state index in [-0.39, 0.29) is 17.6 Å². The van der Waals surface area contributed by atoms with E-state index in [9.17, 15) is 9.59 Å². The van der Waals surface area contributed by atoms with Crippen LogP contribution in [0.5, 0.6) is 0 Å². The van der Waals surface area contributed by atoms with Gasteiger partial charge in [-0.3, -0.25) is 4.79 Å². The van der Waals surface area contributed by atoms with Gasteiger partial charge in [0.25, 0.3) is 5.56 Å². The maximum atomic E-state index is 13.2. The summed E-state index contributed by atoms with van der Waals surface area (Å²) in [6, 6.07) is 16.4. The molecule has 1 aromatic heterocycles. The van der Waals surface area contributed by atoms with Crippen LogP contribution in [0.25, 0.3) is 10.9 Å². The lowest BCUT2D eigenvalue weighted by Gasteiger charge is -2.28. The highest BCUT2D eigenvalue weighted by atomic mass is 16.2. The van der Waals surface area contributed by atoms with Gasteiger partial charge in [-0.05, 0) is 62.3 Å². The number of benzene rings is 2. The van der Waals surface area contributed by atoms with Crippen molar-refractivity contribution < 1.29 is 4.79 Å². The van der Waals surface area contributed by atoms with Crippen LogP contribution in [0.15, 0.2) is 53.3 Å². The van der Waals surface area contributed by atoms with Gasteiger partial charge in [0.05, 0.1) is 6.54 Å². The van der Waals surface area contributed by atoms with Gasteiger partial charge in [0, 0.05) is 23.7 Å². The summed E-state index contributed by atoms with van der Waals surface area (Å²) in [6.45, 7) is 4.97. The molecule has 0 atom stereocenters. The fourth-order valence-corrected chi connectivity index (χ4v) is 4.59. The first-order valence-electron chi connectivity index (χ1n) is 11.7. The molecule has 1 saturated carbocycles. The van der Waals surface area contributed by atoms with E-state index in [2.05, 4.69) is 41.5 Å². The minimum absolute atomic E-state index is 0.0757. The van der Waals surface area contributed by atoms with Gasteiger partial charge in [-0.1, -0.05) is 60.7 Å². The number of nitrogens with one attached hydrogen (secondary N) is 2. The molecule has 1 heterocycles. The summed E-state index contributed by atoms with van der Waals surface area (Å²) in [5.74, 6) is 0. The Bertz CT molecular complexity index is 1150. The Morgan fingerprint density at radius 1 is 1.03 bits per heavy atom. The van der Waals surface area contributed by atoms with Crippen LogP contribution in [0.4, 0.5) is 4.79 Å². The highest BCUT2D eigenvalue weighted by Gasteiger charge is 2.21. The summed E-state index contributed by atoms with van der Waals surface area (Å²) in [4.78, 5) is 30.8. The van der Waals surface area contributed by atoms with Crippen LogP contribution in [0, 0.1) is 13.8 Å². The molecule has 0 radical (unpaired) electrons. The third-order valence-corrected chi connectivity index (χ3v) is 6.41. The van der Waals surface area contributed by atoms with Gasteiger partial charge in [0.15, 0.2) is 0 Å². The van der Waals surface area contributed by atoms with Crippen LogP contribution in [0.3, 0.4) is 0 Å². The molecule has 0 spiro atoms. The van der Waals surface area contributed by atoms with Crippen molar-refractivity contribution in [2.45, 2.75) is 65.0 Å². The summed E-state index contributed by atoms with van der Waals surface area (Å²) in [5, 5.41) is 4.22. The number of aromatic amines is 1. The maximum absolute atomic E-state index is 13.2. The zero-order valence-electron chi connectivity index (χ0n) is 19.1. The molecule has 2 N–H and O–H groups in total. The van der Waals surface area contributed by atoms with Gasteiger partial charge in [-0.2, -0.15) is 0 Å². The molecular formula is C27H33N3O2. The molecule has 1 fully saturated rings. The average molecular weight is 432 g/mol. The molecule has 0 unspecified atom stereocenters. The summed E-state index contributed by atoms with van der Waals surface area (Å²) in [5.41, 5.74) is 4.85. The third kappa shape index (κ3) is 5.58. The van der Waals surface area contributed by atoms with E-state index in [0.29, 0.717) is 18.7 Å². The van der Waals surface area contributed by atoms with Crippen molar-refractivity contribution in [1.82, 2.24) is 15.2 Å². The third-order valence-electron chi connectivity index (χ3n) is 6.41. The fourth-order valence-electron chi connectivity index (χ4n) is 4.59. The van der Waals surface area contributed by atoms with Crippen LogP contribution in [-0.2, 0) is 13.0 Å². The van der Waals surface area contributed by atoms with Gasteiger partial charge in [-0.25, -0.2) is 4.79 Å². The average Bonchev–Trinajstić information content (AvgIpc) is 2.78. The summed E-state index contributed by atoms with van der Waals surface area (Å²) >= 11 is 0. The van der Waals surface area contributed by atoms with Gasteiger partial charge in [-0.15, -0.1) is 0 Å². The molecule has 2 amide bonds. The van der Waals surface area contributed by atoms with E-state index in [0.717, 1.165) is 48.6 Å². The highest BCUT2D eigenvalue weighted by Crippen LogP contribution is 2.19. The summed E-state index contributed by atoms with van der Waals surface area (Å²) in [6.07, 6.45) is 6.40. The number of aryl methyl sites for hydroxylation is 2. The van der Waals surface area contributed by atoms with Crippen molar-refractivity contribution in [1.29, 1.82) is 0 Å². The smallest absolute Gasteiger partial charge is 0.317 e. The second-order valence-corrected chi connectivity index (χ2v) is 9.16. The molecule has 0 aliphatic heterocycles. The number of carbonyl (C=O) groups is 1. The molecule has 3 aromatic rings. The predicted molar refractivity (Wildman–Crippen MR) is 130 cm³/mol. The molecule has 4 rings (SSSR count). The first-order chi connectivity index (χ1) is 15.5. The van der Waals surface area contributed by atoms with Crippen LogP contribution >= 0.6 is 0 Å². The Hall–Kier alpha value is -3.08. The zero-order valence-corrected chi connectivity index (χ0v) is 19.1. The number of nitrogens with zero attached hydrogens (tertiary/aromatic N) is 1. The van der Waals surface area contributed by atoms with Crippen molar-refractivity contribution in [3.8, 4) is 0 Å². The Labute approximate surface area is 189 Å². The molecular weight excluding hydrogens is 398 g/mol. The molecule has 5 nitrogen and oxygen atoms in total. The second-order valence-electron chi connectivity index (χ2n) is 9.16. The van der Waals surface area contributed by atoms with Gasteiger partial charge in [0.2, 0.25) is 0 Å². The predicted octanol–water partition coefficient (Wildman–Crippen LogP) is 5.23. The van der Waals surface area contributed by atoms with Gasteiger partial charge >= 0.3 is 6.03 Å². The van der Waals surface area contributed by atoms with Gasteiger partial charge in [0.1, 0.15) is 0 Å². The molecule has 0 saturated heterocycles. The van der Waals surface area contributed by atoms with Crippen molar-refractivity contribution in [2.75, 3.05) is 6.54 Å². The monoisotopic (exact) mass is 431 g/mol. The number of aromatic nitrogens is 1. The first kappa shape index (κ1) is 22.1. The van der Waals surface area contributed by atoms with Crippen LogP contribution in [0.1, 0.15) is 54.4 Å². The number of rotatable bonds is 6. The molecule has 1 aliphatic rings. The quantitative estimate of drug-likeness (QED) is 0.561. The SMILES string of the molecule is Cc1cccc(CCN(Cc2cc3cc(C)ccc3[nH]c2=O)C(=O)NC2CCCCC2)c1. The number of urea groups is 1. The van der Waals surface area contributed by atoms with E-state index in [4.69, 9.17) is 0 Å². The van der Waals surface area contributed by atoms with E-state index >= 15 is 0 Å². The van der Waals surface area contributed by atoms with Crippen LogP contribution < -0.4 is 10.9 Å². The van der Waals surface area contributed by atoms with Crippen molar-refractivity contribution in [3.05, 3.63) is 81.1 Å². The number of H-pyrrole nitrogens is 1. The number of carbonyl (C=O) groups excluding carboxylic acids is 1.